The summed E-state index contributed by atoms with van der Waals surface area (Å²) in [5.74, 6) is 2.77. The zero-order valence-corrected chi connectivity index (χ0v) is 21.5. The van der Waals surface area contributed by atoms with Gasteiger partial charge in [-0.1, -0.05) is 13.8 Å². The van der Waals surface area contributed by atoms with Crippen LogP contribution in [0, 0.1) is 11.8 Å². The van der Waals surface area contributed by atoms with Crippen LogP contribution in [-0.4, -0.2) is 0 Å². The van der Waals surface area contributed by atoms with E-state index in [2.05, 4.69) is 62.4 Å². The SMILES string of the molecule is C[C-]1c2ccccc2[C-](C)c2ccccc21.[Rb+].[Rb+]. The van der Waals surface area contributed by atoms with E-state index >= 15 is 0 Å². The van der Waals surface area contributed by atoms with E-state index in [9.17, 15) is 0 Å². The molecule has 0 saturated heterocycles. The molecule has 80 valence electrons. The van der Waals surface area contributed by atoms with Crippen LogP contribution in [0.15, 0.2) is 48.5 Å². The summed E-state index contributed by atoms with van der Waals surface area (Å²) in [4.78, 5) is 0. The van der Waals surface area contributed by atoms with Crippen molar-refractivity contribution in [1.29, 1.82) is 0 Å². The Bertz CT molecular complexity index is 439. The van der Waals surface area contributed by atoms with Crippen LogP contribution in [0.1, 0.15) is 36.1 Å². The summed E-state index contributed by atoms with van der Waals surface area (Å²) < 4.78 is 0. The van der Waals surface area contributed by atoms with Gasteiger partial charge in [0, 0.05) is 0 Å². The van der Waals surface area contributed by atoms with Gasteiger partial charge in [-0.3, -0.25) is 0 Å². The zero-order chi connectivity index (χ0) is 11.1. The average Bonchev–Trinajstić information content (AvgIpc) is 2.36. The average molecular weight is 377 g/mol. The topological polar surface area (TPSA) is 0 Å². The molecule has 0 unspecified atom stereocenters. The first-order valence-corrected chi connectivity index (χ1v) is 5.65. The van der Waals surface area contributed by atoms with E-state index in [1.807, 2.05) is 0 Å². The molecule has 0 aliphatic heterocycles. The molecule has 0 aromatic heterocycles. The molecule has 18 heavy (non-hydrogen) atoms. The minimum Gasteiger partial charge on any atom is -0.186 e. The van der Waals surface area contributed by atoms with E-state index in [4.69, 9.17) is 0 Å². The van der Waals surface area contributed by atoms with Crippen LogP contribution in [0.4, 0.5) is 0 Å². The van der Waals surface area contributed by atoms with E-state index in [1.54, 1.807) is 0 Å². The van der Waals surface area contributed by atoms with Gasteiger partial charge in [0.2, 0.25) is 0 Å². The van der Waals surface area contributed by atoms with Gasteiger partial charge in [-0.15, -0.1) is 24.3 Å². The third-order valence-electron chi connectivity index (χ3n) is 3.47. The first-order chi connectivity index (χ1) is 7.79. The molecule has 0 heterocycles. The molecule has 3 rings (SSSR count). The number of rotatable bonds is 0. The number of hydrogen-bond acceptors (Lipinski definition) is 0. The largest absolute Gasteiger partial charge is 1.00 e. The smallest absolute Gasteiger partial charge is 0.186 e. The minimum absolute atomic E-state index is 0. The molecular formula is C16H14Rb2. The van der Waals surface area contributed by atoms with Crippen molar-refractivity contribution in [2.75, 3.05) is 0 Å². The molecular weight excluding hydrogens is 363 g/mol. The second kappa shape index (κ2) is 7.70. The van der Waals surface area contributed by atoms with E-state index in [0.717, 1.165) is 0 Å². The van der Waals surface area contributed by atoms with Crippen molar-refractivity contribution in [3.05, 3.63) is 82.6 Å². The van der Waals surface area contributed by atoms with Crippen molar-refractivity contribution in [2.24, 2.45) is 0 Å². The van der Waals surface area contributed by atoms with Gasteiger partial charge in [-0.05, 0) is 0 Å². The molecule has 0 amide bonds. The number of fused-ring (bicyclic) bond motifs is 2. The van der Waals surface area contributed by atoms with Crippen molar-refractivity contribution in [3.63, 3.8) is 0 Å². The van der Waals surface area contributed by atoms with Crippen molar-refractivity contribution < 1.29 is 116 Å². The minimum atomic E-state index is 0. The first-order valence-electron chi connectivity index (χ1n) is 5.65. The molecule has 0 radical (unpaired) electrons. The Hall–Kier alpha value is 1.79. The Morgan fingerprint density at radius 3 is 1.00 bits per heavy atom. The fourth-order valence-corrected chi connectivity index (χ4v) is 2.56. The maximum atomic E-state index is 2.21. The molecule has 0 saturated carbocycles. The van der Waals surface area contributed by atoms with Gasteiger partial charge in [0.05, 0.1) is 0 Å². The fraction of sp³-hybridized carbons (Fsp3) is 0.125. The molecule has 0 fully saturated rings. The van der Waals surface area contributed by atoms with E-state index in [1.165, 1.54) is 34.1 Å². The molecule has 1 aliphatic carbocycles. The molecule has 0 atom stereocenters. The van der Waals surface area contributed by atoms with E-state index in [-0.39, 0.29) is 116 Å². The summed E-state index contributed by atoms with van der Waals surface area (Å²) in [6.45, 7) is 4.42. The van der Waals surface area contributed by atoms with Gasteiger partial charge in [0.15, 0.2) is 0 Å². The summed E-state index contributed by atoms with van der Waals surface area (Å²) in [6, 6.07) is 17.3. The van der Waals surface area contributed by atoms with Gasteiger partial charge in [-0.2, -0.15) is 58.4 Å². The van der Waals surface area contributed by atoms with Gasteiger partial charge in [-0.25, -0.2) is 0 Å². The third-order valence-corrected chi connectivity index (χ3v) is 3.47. The molecule has 0 bridgehead atoms. The van der Waals surface area contributed by atoms with Crippen LogP contribution < -0.4 is 116 Å². The van der Waals surface area contributed by atoms with Crippen molar-refractivity contribution >= 4 is 0 Å². The van der Waals surface area contributed by atoms with Gasteiger partial charge in [0.1, 0.15) is 0 Å². The summed E-state index contributed by atoms with van der Waals surface area (Å²) in [5.41, 5.74) is 5.50. The molecule has 1 aliphatic rings. The maximum absolute atomic E-state index is 2.21. The zero-order valence-electron chi connectivity index (χ0n) is 11.6. The third kappa shape index (κ3) is 3.17. The van der Waals surface area contributed by atoms with Gasteiger partial charge < -0.3 is 0 Å². The van der Waals surface area contributed by atoms with Crippen LogP contribution in [0.25, 0.3) is 0 Å². The number of hydrogen-bond donors (Lipinski definition) is 0. The van der Waals surface area contributed by atoms with Crippen LogP contribution in [0.2, 0.25) is 0 Å². The van der Waals surface area contributed by atoms with E-state index in [0.29, 0.717) is 0 Å². The molecule has 0 spiro atoms. The first kappa shape index (κ1) is 17.8. The standard InChI is InChI=1S/C16H14.2Rb/c1-11-13-7-3-5-9-15(13)12(2)16-10-6-4-8-14(11)16;;/h3-10H,1-2H3;;/q-2;2*+1. The van der Waals surface area contributed by atoms with E-state index < -0.39 is 0 Å². The van der Waals surface area contributed by atoms with Crippen LogP contribution in [0.3, 0.4) is 0 Å². The van der Waals surface area contributed by atoms with Gasteiger partial charge in [0.25, 0.3) is 0 Å². The molecule has 2 heteroatoms. The monoisotopic (exact) mass is 376 g/mol. The van der Waals surface area contributed by atoms with Crippen molar-refractivity contribution in [1.82, 2.24) is 0 Å². The summed E-state index contributed by atoms with van der Waals surface area (Å²) in [5, 5.41) is 0. The van der Waals surface area contributed by atoms with Crippen LogP contribution in [0.5, 0.6) is 0 Å². The second-order valence-electron chi connectivity index (χ2n) is 4.34. The molecule has 2 aromatic carbocycles. The summed E-state index contributed by atoms with van der Waals surface area (Å²) in [6.07, 6.45) is 0. The van der Waals surface area contributed by atoms with Crippen LogP contribution in [-0.2, 0) is 0 Å². The second-order valence-corrected chi connectivity index (χ2v) is 4.34. The van der Waals surface area contributed by atoms with Crippen LogP contribution >= 0.6 is 0 Å². The van der Waals surface area contributed by atoms with Gasteiger partial charge >= 0.3 is 116 Å². The molecule has 0 N–H and O–H groups in total. The quantitative estimate of drug-likeness (QED) is 0.466. The number of benzene rings is 2. The summed E-state index contributed by atoms with van der Waals surface area (Å²) >= 11 is 0. The normalized spacial score (nSPS) is 11.9. The Labute approximate surface area is 208 Å². The maximum Gasteiger partial charge on any atom is 1.00 e. The Balaban J connectivity index is 0.000000810. The van der Waals surface area contributed by atoms with Crippen molar-refractivity contribution in [2.45, 2.75) is 13.8 Å². The Morgan fingerprint density at radius 1 is 0.556 bits per heavy atom. The predicted molar refractivity (Wildman–Crippen MR) is 67.1 cm³/mol. The molecule has 2 aromatic rings. The molecule has 0 nitrogen and oxygen atoms in total. The fourth-order valence-electron chi connectivity index (χ4n) is 2.56. The van der Waals surface area contributed by atoms with Crippen molar-refractivity contribution in [3.8, 4) is 0 Å². The predicted octanol–water partition coefficient (Wildman–Crippen LogP) is -2.01. The summed E-state index contributed by atoms with van der Waals surface area (Å²) in [7, 11) is 0. The Morgan fingerprint density at radius 2 is 0.778 bits per heavy atom. The Kier molecular flexibility index (Phi) is 7.63.